The highest BCUT2D eigenvalue weighted by molar-refractivity contribution is 7.99. The molecule has 2 rings (SSSR count). The molecule has 0 fully saturated rings. The van der Waals surface area contributed by atoms with Crippen molar-refractivity contribution in [1.82, 2.24) is 4.98 Å². The van der Waals surface area contributed by atoms with Gasteiger partial charge in [0.25, 0.3) is 0 Å². The molecule has 0 unspecified atom stereocenters. The molecule has 0 bridgehead atoms. The fourth-order valence-corrected chi connectivity index (χ4v) is 2.86. The summed E-state index contributed by atoms with van der Waals surface area (Å²) in [6.07, 6.45) is -4.45. The summed E-state index contributed by atoms with van der Waals surface area (Å²) in [5.74, 6) is 0. The number of rotatable bonds is 2. The van der Waals surface area contributed by atoms with Crippen molar-refractivity contribution >= 4 is 11.8 Å². The van der Waals surface area contributed by atoms with Crippen LogP contribution in [0.3, 0.4) is 0 Å². The molecule has 108 valence electrons. The Morgan fingerprint density at radius 2 is 1.86 bits per heavy atom. The van der Waals surface area contributed by atoms with Crippen LogP contribution >= 0.6 is 11.8 Å². The van der Waals surface area contributed by atoms with Gasteiger partial charge in [0.1, 0.15) is 11.1 Å². The lowest BCUT2D eigenvalue weighted by Crippen LogP contribution is -2.05. The van der Waals surface area contributed by atoms with E-state index >= 15 is 0 Å². The Hall–Kier alpha value is -2.00. The van der Waals surface area contributed by atoms with Crippen molar-refractivity contribution in [2.24, 2.45) is 0 Å². The molecule has 1 heterocycles. The topological polar surface area (TPSA) is 36.7 Å². The van der Waals surface area contributed by atoms with E-state index in [1.165, 1.54) is 17.8 Å². The second-order valence-electron chi connectivity index (χ2n) is 4.55. The van der Waals surface area contributed by atoms with Gasteiger partial charge >= 0.3 is 6.18 Å². The first-order valence-electron chi connectivity index (χ1n) is 6.04. The maximum absolute atomic E-state index is 12.6. The number of hydrogen-bond acceptors (Lipinski definition) is 3. The third-order valence-corrected chi connectivity index (χ3v) is 3.71. The maximum Gasteiger partial charge on any atom is 0.416 e. The highest BCUT2D eigenvalue weighted by atomic mass is 32.2. The first-order chi connectivity index (χ1) is 9.79. The number of aryl methyl sites for hydroxylation is 2. The van der Waals surface area contributed by atoms with Crippen molar-refractivity contribution in [1.29, 1.82) is 5.26 Å². The first kappa shape index (κ1) is 15.4. The van der Waals surface area contributed by atoms with E-state index in [2.05, 4.69) is 4.98 Å². The Balaban J connectivity index is 2.39. The van der Waals surface area contributed by atoms with Crippen LogP contribution in [0.5, 0.6) is 0 Å². The van der Waals surface area contributed by atoms with Crippen LogP contribution in [0.15, 0.2) is 40.3 Å². The molecule has 0 aliphatic carbocycles. The third-order valence-electron chi connectivity index (χ3n) is 2.72. The second kappa shape index (κ2) is 5.78. The van der Waals surface area contributed by atoms with Gasteiger partial charge in [-0.2, -0.15) is 18.4 Å². The number of benzene rings is 1. The lowest BCUT2D eigenvalue weighted by Gasteiger charge is -2.10. The summed E-state index contributed by atoms with van der Waals surface area (Å²) < 4.78 is 37.9. The zero-order valence-electron chi connectivity index (χ0n) is 11.3. The van der Waals surface area contributed by atoms with Gasteiger partial charge in [0.2, 0.25) is 0 Å². The molecule has 2 aromatic rings. The van der Waals surface area contributed by atoms with E-state index in [-0.39, 0.29) is 5.56 Å². The number of alkyl halides is 3. The molecule has 2 nitrogen and oxygen atoms in total. The van der Waals surface area contributed by atoms with Gasteiger partial charge in [-0.05, 0) is 49.7 Å². The zero-order chi connectivity index (χ0) is 15.6. The molecule has 1 aromatic carbocycles. The molecule has 0 saturated heterocycles. The van der Waals surface area contributed by atoms with Crippen LogP contribution in [0, 0.1) is 25.2 Å². The summed E-state index contributed by atoms with van der Waals surface area (Å²) in [5.41, 5.74) is 1.01. The predicted molar refractivity (Wildman–Crippen MR) is 74.0 cm³/mol. The predicted octanol–water partition coefficient (Wildman–Crippen LogP) is 4.74. The summed E-state index contributed by atoms with van der Waals surface area (Å²) in [5, 5.41) is 9.70. The normalized spacial score (nSPS) is 11.2. The Morgan fingerprint density at radius 3 is 2.43 bits per heavy atom. The monoisotopic (exact) mass is 308 g/mol. The van der Waals surface area contributed by atoms with Crippen LogP contribution in [0.25, 0.3) is 0 Å². The quantitative estimate of drug-likeness (QED) is 0.804. The lowest BCUT2D eigenvalue weighted by atomic mass is 10.1. The molecular weight excluding hydrogens is 297 g/mol. The fourth-order valence-electron chi connectivity index (χ4n) is 1.85. The number of nitrogens with zero attached hydrogens (tertiary/aromatic N) is 2. The van der Waals surface area contributed by atoms with Gasteiger partial charge in [-0.3, -0.25) is 0 Å². The summed E-state index contributed by atoms with van der Waals surface area (Å²) in [6.45, 7) is 3.76. The van der Waals surface area contributed by atoms with Crippen molar-refractivity contribution in [2.45, 2.75) is 29.9 Å². The summed E-state index contributed by atoms with van der Waals surface area (Å²) in [6, 6.07) is 8.70. The number of hydrogen-bond donors (Lipinski definition) is 0. The lowest BCUT2D eigenvalue weighted by molar-refractivity contribution is -0.137. The van der Waals surface area contributed by atoms with E-state index in [0.29, 0.717) is 9.92 Å². The van der Waals surface area contributed by atoms with Crippen LogP contribution in [0.2, 0.25) is 0 Å². The number of nitriles is 1. The van der Waals surface area contributed by atoms with E-state index < -0.39 is 11.7 Å². The minimum Gasteiger partial charge on any atom is -0.246 e. The van der Waals surface area contributed by atoms with Gasteiger partial charge < -0.3 is 0 Å². The van der Waals surface area contributed by atoms with Crippen molar-refractivity contribution in [3.63, 3.8) is 0 Å². The molecule has 0 aliphatic rings. The Kier molecular flexibility index (Phi) is 4.24. The first-order valence-corrected chi connectivity index (χ1v) is 6.86. The van der Waals surface area contributed by atoms with Crippen molar-refractivity contribution in [2.75, 3.05) is 0 Å². The van der Waals surface area contributed by atoms with Gasteiger partial charge in [-0.1, -0.05) is 11.8 Å². The number of aromatic nitrogens is 1. The minimum atomic E-state index is -4.45. The largest absolute Gasteiger partial charge is 0.416 e. The van der Waals surface area contributed by atoms with E-state index in [1.807, 2.05) is 32.0 Å². The molecule has 21 heavy (non-hydrogen) atoms. The van der Waals surface area contributed by atoms with E-state index in [0.717, 1.165) is 23.4 Å². The average molecular weight is 308 g/mol. The fraction of sp³-hybridized carbons (Fsp3) is 0.200. The van der Waals surface area contributed by atoms with Crippen LogP contribution in [0.4, 0.5) is 13.2 Å². The van der Waals surface area contributed by atoms with Crippen LogP contribution in [-0.2, 0) is 6.18 Å². The molecule has 1 aromatic heterocycles. The minimum absolute atomic E-state index is 0.00390. The van der Waals surface area contributed by atoms with Crippen LogP contribution in [0.1, 0.15) is 22.4 Å². The third kappa shape index (κ3) is 3.76. The number of halogens is 3. The molecule has 0 radical (unpaired) electrons. The maximum atomic E-state index is 12.6. The van der Waals surface area contributed by atoms with E-state index in [9.17, 15) is 13.2 Å². The van der Waals surface area contributed by atoms with Gasteiger partial charge in [0.15, 0.2) is 0 Å². The smallest absolute Gasteiger partial charge is 0.246 e. The Morgan fingerprint density at radius 1 is 1.14 bits per heavy atom. The Bertz CT molecular complexity index is 698. The SMILES string of the molecule is Cc1cc(C)nc(Sc2ccc(C(F)(F)F)cc2C#N)c1. The highest BCUT2D eigenvalue weighted by Crippen LogP contribution is 2.35. The molecule has 0 spiro atoms. The van der Waals surface area contributed by atoms with Crippen molar-refractivity contribution < 1.29 is 13.2 Å². The molecule has 0 N–H and O–H groups in total. The molecule has 6 heteroatoms. The van der Waals surface area contributed by atoms with Crippen molar-refractivity contribution in [3.8, 4) is 6.07 Å². The molecular formula is C15H11F3N2S. The van der Waals surface area contributed by atoms with Gasteiger partial charge in [0, 0.05) is 10.6 Å². The van der Waals surface area contributed by atoms with Crippen molar-refractivity contribution in [3.05, 3.63) is 52.7 Å². The van der Waals surface area contributed by atoms with Gasteiger partial charge in [-0.15, -0.1) is 0 Å². The highest BCUT2D eigenvalue weighted by Gasteiger charge is 2.31. The van der Waals surface area contributed by atoms with Crippen LogP contribution < -0.4 is 0 Å². The second-order valence-corrected chi connectivity index (χ2v) is 5.61. The van der Waals surface area contributed by atoms with Crippen LogP contribution in [-0.4, -0.2) is 4.98 Å². The zero-order valence-corrected chi connectivity index (χ0v) is 12.1. The standard InChI is InChI=1S/C15H11F3N2S/c1-9-5-10(2)20-14(6-9)21-13-4-3-12(15(16,17)18)7-11(13)8-19/h3-7H,1-2H3. The molecule has 0 atom stereocenters. The Labute approximate surface area is 124 Å². The van der Waals surface area contributed by atoms with Gasteiger partial charge in [0.05, 0.1) is 11.1 Å². The number of pyridine rings is 1. The molecule has 0 amide bonds. The molecule has 0 aliphatic heterocycles. The summed E-state index contributed by atoms with van der Waals surface area (Å²) >= 11 is 1.19. The molecule has 0 saturated carbocycles. The van der Waals surface area contributed by atoms with E-state index in [1.54, 1.807) is 0 Å². The summed E-state index contributed by atoms with van der Waals surface area (Å²) in [4.78, 5) is 4.77. The van der Waals surface area contributed by atoms with Gasteiger partial charge in [-0.25, -0.2) is 4.98 Å². The van der Waals surface area contributed by atoms with E-state index in [4.69, 9.17) is 5.26 Å². The average Bonchev–Trinajstić information content (AvgIpc) is 2.36. The summed E-state index contributed by atoms with van der Waals surface area (Å²) in [7, 11) is 0.